The number of carboxylic acid groups (broad SMARTS) is 1. The molecule has 2 saturated heterocycles. The number of ether oxygens (including phenoxy) is 1. The minimum absolute atomic E-state index is 0.0622. The largest absolute Gasteiger partial charge is 0.489 e. The first-order valence-electron chi connectivity index (χ1n) is 13.8. The van der Waals surface area contributed by atoms with Gasteiger partial charge in [-0.05, 0) is 44.2 Å². The fraction of sp³-hybridized carbons (Fsp3) is 0.385. The van der Waals surface area contributed by atoms with Gasteiger partial charge in [0, 0.05) is 17.2 Å². The SMILES string of the molecule is CC1(C)[C@H](NC(=O)/C(=N\O[C@@H](COc2ccc3nc(NC4CC[NH2+]C4)ccc3c2)C(=O)O)c2csc(N)n2)C(=O)N1OS(=O)(=O)O. The van der Waals surface area contributed by atoms with Gasteiger partial charge in [-0.2, -0.15) is 13.5 Å². The van der Waals surface area contributed by atoms with Crippen molar-refractivity contribution in [2.75, 3.05) is 30.7 Å². The fourth-order valence-electron chi connectivity index (χ4n) is 4.83. The van der Waals surface area contributed by atoms with Crippen molar-refractivity contribution >= 4 is 67.1 Å². The molecule has 2 aliphatic rings. The predicted molar refractivity (Wildman–Crippen MR) is 162 cm³/mol. The van der Waals surface area contributed by atoms with Crippen LogP contribution in [0.15, 0.2) is 40.9 Å². The molecule has 46 heavy (non-hydrogen) atoms. The van der Waals surface area contributed by atoms with E-state index in [-0.39, 0.29) is 10.8 Å². The number of carbonyl (C=O) groups is 3. The lowest BCUT2D eigenvalue weighted by Gasteiger charge is -2.50. The van der Waals surface area contributed by atoms with Crippen LogP contribution in [-0.4, -0.2) is 100 Å². The number of amides is 2. The molecule has 0 bridgehead atoms. The molecule has 2 aromatic heterocycles. The average molecular weight is 680 g/mol. The van der Waals surface area contributed by atoms with Crippen molar-refractivity contribution in [2.45, 2.75) is 44.0 Å². The van der Waals surface area contributed by atoms with Crippen molar-refractivity contribution in [2.24, 2.45) is 5.16 Å². The molecular formula is C26H31N8O10S2+. The first kappa shape index (κ1) is 32.8. The number of nitrogens with two attached hydrogens (primary N) is 2. The summed E-state index contributed by atoms with van der Waals surface area (Å²) in [5, 5.41) is 24.1. The summed E-state index contributed by atoms with van der Waals surface area (Å²) < 4.78 is 41.1. The average Bonchev–Trinajstić information content (AvgIpc) is 3.67. The summed E-state index contributed by atoms with van der Waals surface area (Å²) in [5.74, 6) is -2.36. The molecule has 5 rings (SSSR count). The number of carboxylic acids is 1. The number of hydrogen-bond acceptors (Lipinski definition) is 14. The molecule has 0 aliphatic carbocycles. The molecule has 3 aromatic rings. The number of benzene rings is 1. The number of pyridine rings is 1. The highest BCUT2D eigenvalue weighted by Crippen LogP contribution is 2.33. The Labute approximate surface area is 265 Å². The van der Waals surface area contributed by atoms with Crippen LogP contribution in [0, 0.1) is 0 Å². The van der Waals surface area contributed by atoms with Crippen LogP contribution in [0.25, 0.3) is 10.9 Å². The minimum Gasteiger partial charge on any atom is -0.489 e. The Morgan fingerprint density at radius 3 is 2.70 bits per heavy atom. The number of anilines is 2. The van der Waals surface area contributed by atoms with Crippen molar-refractivity contribution in [3.05, 3.63) is 41.4 Å². The predicted octanol–water partition coefficient (Wildman–Crippen LogP) is -0.886. The van der Waals surface area contributed by atoms with E-state index < -0.39 is 58.2 Å². The lowest BCUT2D eigenvalue weighted by atomic mass is 9.84. The molecular weight excluding hydrogens is 648 g/mol. The summed E-state index contributed by atoms with van der Waals surface area (Å²) in [6.45, 7) is 4.29. The van der Waals surface area contributed by atoms with Gasteiger partial charge >= 0.3 is 16.4 Å². The Kier molecular flexibility index (Phi) is 9.26. The summed E-state index contributed by atoms with van der Waals surface area (Å²) in [6, 6.07) is 7.83. The highest BCUT2D eigenvalue weighted by molar-refractivity contribution is 7.80. The van der Waals surface area contributed by atoms with Gasteiger partial charge in [0.15, 0.2) is 10.8 Å². The van der Waals surface area contributed by atoms with Crippen molar-refractivity contribution in [1.29, 1.82) is 0 Å². The maximum atomic E-state index is 13.2. The van der Waals surface area contributed by atoms with E-state index in [0.29, 0.717) is 22.4 Å². The number of nitrogens with one attached hydrogen (secondary N) is 2. The first-order chi connectivity index (χ1) is 21.7. The third kappa shape index (κ3) is 7.42. The maximum Gasteiger partial charge on any atom is 0.418 e. The van der Waals surface area contributed by atoms with E-state index in [9.17, 15) is 27.9 Å². The second kappa shape index (κ2) is 13.0. The number of oxime groups is 1. The van der Waals surface area contributed by atoms with Gasteiger partial charge in [-0.3, -0.25) is 14.1 Å². The molecule has 2 aliphatic heterocycles. The van der Waals surface area contributed by atoms with Gasteiger partial charge < -0.3 is 36.4 Å². The molecule has 1 unspecified atom stereocenters. The molecule has 0 saturated carbocycles. The highest BCUT2D eigenvalue weighted by Gasteiger charge is 2.58. The van der Waals surface area contributed by atoms with Crippen LogP contribution in [0.2, 0.25) is 0 Å². The molecule has 1 aromatic carbocycles. The number of fused-ring (bicyclic) bond motifs is 1. The van der Waals surface area contributed by atoms with E-state index >= 15 is 0 Å². The lowest BCUT2D eigenvalue weighted by molar-refractivity contribution is -0.636. The molecule has 18 nitrogen and oxygen atoms in total. The number of aliphatic carboxylic acids is 1. The third-order valence-electron chi connectivity index (χ3n) is 7.23. The van der Waals surface area contributed by atoms with Crippen LogP contribution in [0.1, 0.15) is 26.0 Å². The fourth-order valence-corrected chi connectivity index (χ4v) is 5.83. The second-order valence-electron chi connectivity index (χ2n) is 10.9. The quantitative estimate of drug-likeness (QED) is 0.0555. The van der Waals surface area contributed by atoms with Crippen LogP contribution in [0.3, 0.4) is 0 Å². The van der Waals surface area contributed by atoms with Crippen LogP contribution in [0.4, 0.5) is 10.9 Å². The van der Waals surface area contributed by atoms with Gasteiger partial charge in [-0.1, -0.05) is 5.16 Å². The summed E-state index contributed by atoms with van der Waals surface area (Å²) in [4.78, 5) is 51.5. The van der Waals surface area contributed by atoms with Gasteiger partial charge in [0.1, 0.15) is 29.9 Å². The van der Waals surface area contributed by atoms with Crippen LogP contribution in [-0.2, 0) is 33.9 Å². The van der Waals surface area contributed by atoms with Crippen molar-refractivity contribution in [3.63, 3.8) is 0 Å². The van der Waals surface area contributed by atoms with Crippen LogP contribution < -0.4 is 26.4 Å². The van der Waals surface area contributed by atoms with Crippen LogP contribution in [0.5, 0.6) is 5.75 Å². The summed E-state index contributed by atoms with van der Waals surface area (Å²) in [7, 11) is -5.01. The van der Waals surface area contributed by atoms with Crippen molar-refractivity contribution in [1.82, 2.24) is 20.3 Å². The Morgan fingerprint density at radius 2 is 2.07 bits per heavy atom. The molecule has 0 radical (unpaired) electrons. The van der Waals surface area contributed by atoms with Crippen LogP contribution >= 0.6 is 11.3 Å². The monoisotopic (exact) mass is 679 g/mol. The molecule has 0 spiro atoms. The summed E-state index contributed by atoms with van der Waals surface area (Å²) in [5.41, 5.74) is 4.39. The number of thiazole rings is 1. The van der Waals surface area contributed by atoms with Crippen molar-refractivity contribution in [3.8, 4) is 5.75 Å². The second-order valence-corrected chi connectivity index (χ2v) is 12.8. The number of β-lactam (4-membered cyclic amide) rings is 1. The molecule has 2 fully saturated rings. The summed E-state index contributed by atoms with van der Waals surface area (Å²) in [6.07, 6.45) is -0.623. The number of aromatic nitrogens is 2. The smallest absolute Gasteiger partial charge is 0.418 e. The van der Waals surface area contributed by atoms with Gasteiger partial charge in [0.25, 0.3) is 17.9 Å². The number of nitrogens with zero attached hydrogens (tertiary/aromatic N) is 4. The molecule has 3 atom stereocenters. The molecule has 4 heterocycles. The number of nitrogen functional groups attached to an aromatic ring is 1. The third-order valence-corrected chi connectivity index (χ3v) is 8.24. The highest BCUT2D eigenvalue weighted by atomic mass is 32.3. The van der Waals surface area contributed by atoms with E-state index in [4.69, 9.17) is 19.9 Å². The minimum atomic E-state index is -5.01. The Balaban J connectivity index is 1.27. The van der Waals surface area contributed by atoms with E-state index in [1.54, 1.807) is 18.2 Å². The van der Waals surface area contributed by atoms with Gasteiger partial charge in [-0.25, -0.2) is 14.8 Å². The topological polar surface area (TPSA) is 262 Å². The number of carbonyl (C=O) groups excluding carboxylic acids is 2. The van der Waals surface area contributed by atoms with E-state index in [0.717, 1.165) is 42.1 Å². The number of rotatable bonds is 13. The first-order valence-corrected chi connectivity index (χ1v) is 16.1. The molecule has 2 amide bonds. The van der Waals surface area contributed by atoms with Gasteiger partial charge in [0.05, 0.1) is 30.2 Å². The lowest BCUT2D eigenvalue weighted by Crippen LogP contribution is -2.81. The van der Waals surface area contributed by atoms with Gasteiger partial charge in [0.2, 0.25) is 0 Å². The van der Waals surface area contributed by atoms with Crippen molar-refractivity contribution < 1.29 is 51.6 Å². The number of hydroxylamine groups is 2. The van der Waals surface area contributed by atoms with E-state index in [1.807, 2.05) is 12.1 Å². The molecule has 8 N–H and O–H groups in total. The number of quaternary nitrogens is 1. The molecule has 20 heteroatoms. The maximum absolute atomic E-state index is 13.2. The Morgan fingerprint density at radius 1 is 1.28 bits per heavy atom. The van der Waals surface area contributed by atoms with Gasteiger partial charge in [-0.15, -0.1) is 15.6 Å². The normalized spacial score (nSPS) is 20.2. The number of hydrogen-bond donors (Lipinski definition) is 6. The Hall–Kier alpha value is -4.63. The zero-order valence-electron chi connectivity index (χ0n) is 24.4. The summed E-state index contributed by atoms with van der Waals surface area (Å²) >= 11 is 0.962. The standard InChI is InChI=1S/C26H30N8O10S2/c1-26(2)21(23(36)34(26)44-46(39,40)41)32-22(35)20(17-12-45-25(27)31-17)33-43-18(24(37)38)11-42-15-4-5-16-13(9-15)3-6-19(30-16)29-14-7-8-28-10-14/h3-6,9,12,14,18,21,28H,7-8,10-11H2,1-2H3,(H2,27,31)(H,29,30)(H,32,35)(H,37,38)(H,39,40,41)/p+1/b33-20-/t14?,18-,21+/m0/s1. The Bertz CT molecular complexity index is 1790. The zero-order valence-corrected chi connectivity index (χ0v) is 26.1. The van der Waals surface area contributed by atoms with E-state index in [1.165, 1.54) is 19.2 Å². The zero-order chi connectivity index (χ0) is 33.2. The molecule has 246 valence electrons. The van der Waals surface area contributed by atoms with E-state index in [2.05, 4.69) is 35.4 Å².